The summed E-state index contributed by atoms with van der Waals surface area (Å²) in [5.74, 6) is 0.444. The Labute approximate surface area is 136 Å². The Balaban J connectivity index is 2.27. The van der Waals surface area contributed by atoms with Crippen molar-refractivity contribution in [2.24, 2.45) is 0 Å². The summed E-state index contributed by atoms with van der Waals surface area (Å²) >= 11 is 0. The molecular weight excluding hydrogens is 294 g/mol. The van der Waals surface area contributed by atoms with Crippen LogP contribution in [-0.4, -0.2) is 52.0 Å². The Kier molecular flexibility index (Phi) is 4.75. The molecule has 0 aliphatic carbocycles. The first-order chi connectivity index (χ1) is 10.7. The van der Waals surface area contributed by atoms with Gasteiger partial charge in [0.15, 0.2) is 5.69 Å². The molecular formula is C17H23N3O3. The maximum Gasteiger partial charge on any atom is 0.274 e. The van der Waals surface area contributed by atoms with Gasteiger partial charge in [-0.15, -0.1) is 0 Å². The van der Waals surface area contributed by atoms with Gasteiger partial charge in [0.25, 0.3) is 5.91 Å². The van der Waals surface area contributed by atoms with Gasteiger partial charge in [-0.05, 0) is 44.5 Å². The Morgan fingerprint density at radius 3 is 2.70 bits per heavy atom. The van der Waals surface area contributed by atoms with E-state index in [1.807, 2.05) is 25.1 Å². The number of carbonyl (C=O) groups is 1. The summed E-state index contributed by atoms with van der Waals surface area (Å²) < 4.78 is 6.97. The van der Waals surface area contributed by atoms with Crippen LogP contribution in [0, 0.1) is 6.92 Å². The van der Waals surface area contributed by atoms with E-state index < -0.39 is 5.60 Å². The second-order valence-corrected chi connectivity index (χ2v) is 6.29. The fourth-order valence-corrected chi connectivity index (χ4v) is 2.40. The first-order valence-corrected chi connectivity index (χ1v) is 7.40. The van der Waals surface area contributed by atoms with Gasteiger partial charge in [-0.3, -0.25) is 4.79 Å². The van der Waals surface area contributed by atoms with Crippen molar-refractivity contribution >= 4 is 5.91 Å². The second-order valence-electron chi connectivity index (χ2n) is 6.29. The number of aromatic nitrogens is 2. The minimum atomic E-state index is -0.952. The quantitative estimate of drug-likeness (QED) is 0.916. The number of hydrogen-bond donors (Lipinski definition) is 1. The number of amides is 1. The van der Waals surface area contributed by atoms with Crippen LogP contribution in [0.3, 0.4) is 0 Å². The lowest BCUT2D eigenvalue weighted by atomic mass is 10.1. The first kappa shape index (κ1) is 17.0. The number of ether oxygens (including phenoxy) is 1. The van der Waals surface area contributed by atoms with Gasteiger partial charge in [-0.25, -0.2) is 4.68 Å². The smallest absolute Gasteiger partial charge is 0.274 e. The van der Waals surface area contributed by atoms with Gasteiger partial charge in [0.1, 0.15) is 11.4 Å². The number of aryl methyl sites for hydroxylation is 1. The molecule has 0 atom stereocenters. The largest absolute Gasteiger partial charge is 0.494 e. The lowest BCUT2D eigenvalue weighted by molar-refractivity contribution is 0.0364. The summed E-state index contributed by atoms with van der Waals surface area (Å²) in [5, 5.41) is 14.2. The number of aliphatic hydroxyl groups is 1. The standard InChI is InChI=1S/C17H23N3O3/c1-12-6-7-15(23-5)14(10-12)20-9-8-13(18-20)16(21)19(4)11-17(2,3)22/h6-10,22H,11H2,1-5H3. The van der Waals surface area contributed by atoms with Gasteiger partial charge in [0.2, 0.25) is 0 Å². The van der Waals surface area contributed by atoms with Crippen molar-refractivity contribution in [2.75, 3.05) is 20.7 Å². The zero-order valence-corrected chi connectivity index (χ0v) is 14.2. The summed E-state index contributed by atoms with van der Waals surface area (Å²) in [6.07, 6.45) is 1.72. The highest BCUT2D eigenvalue weighted by Gasteiger charge is 2.22. The average Bonchev–Trinajstić information content (AvgIpc) is 2.94. The van der Waals surface area contributed by atoms with Crippen molar-refractivity contribution in [1.29, 1.82) is 0 Å². The molecule has 0 spiro atoms. The van der Waals surface area contributed by atoms with E-state index in [9.17, 15) is 9.90 Å². The molecule has 0 unspecified atom stereocenters. The minimum Gasteiger partial charge on any atom is -0.494 e. The van der Waals surface area contributed by atoms with E-state index in [-0.39, 0.29) is 12.5 Å². The predicted octanol–water partition coefficient (Wildman–Crippen LogP) is 2.03. The number of benzene rings is 1. The zero-order valence-electron chi connectivity index (χ0n) is 14.2. The van der Waals surface area contributed by atoms with Crippen LogP contribution in [0.4, 0.5) is 0 Å². The molecule has 0 bridgehead atoms. The third-order valence-electron chi connectivity index (χ3n) is 3.36. The van der Waals surface area contributed by atoms with Crippen LogP contribution < -0.4 is 4.74 Å². The van der Waals surface area contributed by atoms with Crippen LogP contribution in [-0.2, 0) is 0 Å². The van der Waals surface area contributed by atoms with E-state index in [1.165, 1.54) is 4.90 Å². The molecule has 0 radical (unpaired) electrons. The van der Waals surface area contributed by atoms with Crippen LogP contribution in [0.5, 0.6) is 5.75 Å². The Morgan fingerprint density at radius 2 is 2.09 bits per heavy atom. The summed E-state index contributed by atoms with van der Waals surface area (Å²) in [7, 11) is 3.24. The monoisotopic (exact) mass is 317 g/mol. The van der Waals surface area contributed by atoms with E-state index in [2.05, 4.69) is 5.10 Å². The molecule has 2 rings (SSSR count). The van der Waals surface area contributed by atoms with Crippen LogP contribution in [0.15, 0.2) is 30.5 Å². The van der Waals surface area contributed by atoms with Crippen molar-refractivity contribution in [2.45, 2.75) is 26.4 Å². The van der Waals surface area contributed by atoms with Crippen LogP contribution in [0.1, 0.15) is 29.9 Å². The van der Waals surface area contributed by atoms with E-state index in [0.717, 1.165) is 11.3 Å². The van der Waals surface area contributed by atoms with Crippen LogP contribution >= 0.6 is 0 Å². The van der Waals surface area contributed by atoms with Crippen molar-refractivity contribution < 1.29 is 14.6 Å². The number of carbonyl (C=O) groups excluding carboxylic acids is 1. The van der Waals surface area contributed by atoms with E-state index in [0.29, 0.717) is 11.4 Å². The van der Waals surface area contributed by atoms with E-state index >= 15 is 0 Å². The van der Waals surface area contributed by atoms with Gasteiger partial charge in [-0.2, -0.15) is 5.10 Å². The maximum atomic E-state index is 12.4. The molecule has 0 aliphatic rings. The summed E-state index contributed by atoms with van der Waals surface area (Å²) in [6.45, 7) is 5.53. The highest BCUT2D eigenvalue weighted by molar-refractivity contribution is 5.92. The van der Waals surface area contributed by atoms with Crippen molar-refractivity contribution in [3.8, 4) is 11.4 Å². The predicted molar refractivity (Wildman–Crippen MR) is 88.1 cm³/mol. The number of rotatable bonds is 5. The highest BCUT2D eigenvalue weighted by atomic mass is 16.5. The average molecular weight is 317 g/mol. The van der Waals surface area contributed by atoms with Crippen LogP contribution in [0.25, 0.3) is 5.69 Å². The maximum absolute atomic E-state index is 12.4. The number of methoxy groups -OCH3 is 1. The van der Waals surface area contributed by atoms with Gasteiger partial charge in [0.05, 0.1) is 12.7 Å². The van der Waals surface area contributed by atoms with E-state index in [4.69, 9.17) is 4.74 Å². The molecule has 0 fully saturated rings. The van der Waals surface area contributed by atoms with Gasteiger partial charge < -0.3 is 14.7 Å². The Hall–Kier alpha value is -2.34. The molecule has 1 amide bonds. The molecule has 2 aromatic rings. The lowest BCUT2D eigenvalue weighted by Crippen LogP contribution is -2.39. The molecule has 6 nitrogen and oxygen atoms in total. The molecule has 124 valence electrons. The first-order valence-electron chi connectivity index (χ1n) is 7.40. The molecule has 6 heteroatoms. The SMILES string of the molecule is COc1ccc(C)cc1-n1ccc(C(=O)N(C)CC(C)(C)O)n1. The van der Waals surface area contributed by atoms with Crippen molar-refractivity contribution in [3.05, 3.63) is 41.7 Å². The highest BCUT2D eigenvalue weighted by Crippen LogP contribution is 2.23. The molecule has 23 heavy (non-hydrogen) atoms. The Bertz CT molecular complexity index is 701. The molecule has 1 aromatic heterocycles. The fraction of sp³-hybridized carbons (Fsp3) is 0.412. The summed E-state index contributed by atoms with van der Waals surface area (Å²) in [4.78, 5) is 13.9. The third-order valence-corrected chi connectivity index (χ3v) is 3.36. The number of nitrogens with zero attached hydrogens (tertiary/aromatic N) is 3. The fourth-order valence-electron chi connectivity index (χ4n) is 2.40. The molecule has 0 saturated heterocycles. The van der Waals surface area contributed by atoms with E-state index in [1.54, 1.807) is 44.9 Å². The minimum absolute atomic E-state index is 0.229. The van der Waals surface area contributed by atoms with Gasteiger partial charge >= 0.3 is 0 Å². The molecule has 1 heterocycles. The zero-order chi connectivity index (χ0) is 17.2. The summed E-state index contributed by atoms with van der Waals surface area (Å²) in [5.41, 5.74) is 1.22. The van der Waals surface area contributed by atoms with Gasteiger partial charge in [-0.1, -0.05) is 6.07 Å². The lowest BCUT2D eigenvalue weighted by Gasteiger charge is -2.24. The normalized spacial score (nSPS) is 11.4. The van der Waals surface area contributed by atoms with Crippen molar-refractivity contribution in [1.82, 2.24) is 14.7 Å². The number of hydrogen-bond acceptors (Lipinski definition) is 4. The summed E-state index contributed by atoms with van der Waals surface area (Å²) in [6, 6.07) is 7.43. The Morgan fingerprint density at radius 1 is 1.39 bits per heavy atom. The number of likely N-dealkylation sites (N-methyl/N-ethyl adjacent to an activating group) is 1. The molecule has 0 saturated carbocycles. The van der Waals surface area contributed by atoms with Gasteiger partial charge in [0, 0.05) is 19.8 Å². The van der Waals surface area contributed by atoms with Crippen molar-refractivity contribution in [3.63, 3.8) is 0 Å². The molecule has 1 aromatic carbocycles. The second kappa shape index (κ2) is 6.42. The third kappa shape index (κ3) is 4.10. The molecule has 0 aliphatic heterocycles. The topological polar surface area (TPSA) is 67.6 Å². The van der Waals surface area contributed by atoms with Crippen LogP contribution in [0.2, 0.25) is 0 Å². The molecule has 1 N–H and O–H groups in total.